The number of halogens is 2. The fourth-order valence-corrected chi connectivity index (χ4v) is 1.31. The van der Waals surface area contributed by atoms with Crippen molar-refractivity contribution in [2.45, 2.75) is 0 Å². The number of nitrogens with zero attached hydrogens (tertiary/aromatic N) is 2. The second-order valence-electron chi connectivity index (χ2n) is 2.70. The van der Waals surface area contributed by atoms with E-state index in [0.717, 1.165) is 0 Å². The van der Waals surface area contributed by atoms with Crippen LogP contribution < -0.4 is 0 Å². The summed E-state index contributed by atoms with van der Waals surface area (Å²) in [5.41, 5.74) is 0.440. The maximum absolute atomic E-state index is 11.4. The summed E-state index contributed by atoms with van der Waals surface area (Å²) in [7, 11) is 3.31. The van der Waals surface area contributed by atoms with Crippen LogP contribution in [-0.4, -0.2) is 29.9 Å². The molecule has 1 heterocycles. The van der Waals surface area contributed by atoms with Crippen LogP contribution in [0.4, 0.5) is 0 Å². The molecule has 1 aromatic heterocycles. The third-order valence-corrected chi connectivity index (χ3v) is 1.80. The van der Waals surface area contributed by atoms with Gasteiger partial charge in [-0.05, 0) is 12.1 Å². The van der Waals surface area contributed by atoms with Gasteiger partial charge in [-0.1, -0.05) is 23.2 Å². The fraction of sp³-hybridized carbons (Fsp3) is 0.250. The van der Waals surface area contributed by atoms with Gasteiger partial charge in [-0.15, -0.1) is 0 Å². The molecule has 0 aliphatic rings. The Morgan fingerprint density at radius 3 is 2.15 bits per heavy atom. The van der Waals surface area contributed by atoms with Crippen molar-refractivity contribution >= 4 is 29.1 Å². The molecule has 0 aliphatic carbocycles. The molecule has 0 bridgehead atoms. The van der Waals surface area contributed by atoms with E-state index in [1.54, 1.807) is 14.1 Å². The highest BCUT2D eigenvalue weighted by molar-refractivity contribution is 6.33. The van der Waals surface area contributed by atoms with Gasteiger partial charge in [0.05, 0.1) is 0 Å². The van der Waals surface area contributed by atoms with Gasteiger partial charge in [-0.25, -0.2) is 4.98 Å². The van der Waals surface area contributed by atoms with Gasteiger partial charge in [0, 0.05) is 19.7 Å². The van der Waals surface area contributed by atoms with Crippen molar-refractivity contribution in [2.75, 3.05) is 14.1 Å². The van der Waals surface area contributed by atoms with E-state index < -0.39 is 0 Å². The second kappa shape index (κ2) is 3.94. The third kappa shape index (κ3) is 2.57. The molecule has 3 nitrogen and oxygen atoms in total. The Labute approximate surface area is 86.3 Å². The summed E-state index contributed by atoms with van der Waals surface area (Å²) < 4.78 is 0. The molecule has 0 radical (unpaired) electrons. The number of aromatic nitrogens is 1. The second-order valence-corrected chi connectivity index (χ2v) is 3.48. The van der Waals surface area contributed by atoms with E-state index in [1.807, 2.05) is 0 Å². The van der Waals surface area contributed by atoms with Crippen molar-refractivity contribution < 1.29 is 4.79 Å². The number of hydrogen-bond donors (Lipinski definition) is 0. The van der Waals surface area contributed by atoms with Crippen molar-refractivity contribution in [3.05, 3.63) is 28.0 Å². The minimum Gasteiger partial charge on any atom is -0.345 e. The van der Waals surface area contributed by atoms with Crippen LogP contribution in [0.25, 0.3) is 0 Å². The molecule has 0 aliphatic heterocycles. The Kier molecular flexibility index (Phi) is 3.12. The first-order chi connectivity index (χ1) is 6.00. The summed E-state index contributed by atoms with van der Waals surface area (Å²) in [6.07, 6.45) is 0. The number of pyridine rings is 1. The topological polar surface area (TPSA) is 33.2 Å². The van der Waals surface area contributed by atoms with Crippen molar-refractivity contribution in [1.29, 1.82) is 0 Å². The molecule has 1 aromatic rings. The van der Waals surface area contributed by atoms with Crippen LogP contribution in [0.5, 0.6) is 0 Å². The molecule has 0 fully saturated rings. The Morgan fingerprint density at radius 1 is 1.31 bits per heavy atom. The van der Waals surface area contributed by atoms with Crippen molar-refractivity contribution in [1.82, 2.24) is 9.88 Å². The van der Waals surface area contributed by atoms with Crippen LogP contribution >= 0.6 is 23.2 Å². The van der Waals surface area contributed by atoms with Gasteiger partial charge < -0.3 is 4.90 Å². The van der Waals surface area contributed by atoms with E-state index in [9.17, 15) is 4.79 Å². The fourth-order valence-electron chi connectivity index (χ4n) is 0.847. The van der Waals surface area contributed by atoms with Crippen molar-refractivity contribution in [2.24, 2.45) is 0 Å². The van der Waals surface area contributed by atoms with Crippen LogP contribution in [-0.2, 0) is 0 Å². The average Bonchev–Trinajstić information content (AvgIpc) is 2.01. The summed E-state index contributed by atoms with van der Waals surface area (Å²) in [4.78, 5) is 16.6. The SMILES string of the molecule is CN(C)C(=O)c1cc(Cl)nc(Cl)c1. The van der Waals surface area contributed by atoms with Gasteiger partial charge in [0.2, 0.25) is 0 Å². The number of carbonyl (C=O) groups is 1. The van der Waals surface area contributed by atoms with E-state index in [4.69, 9.17) is 23.2 Å². The summed E-state index contributed by atoms with van der Waals surface area (Å²) in [6.45, 7) is 0. The highest BCUT2D eigenvalue weighted by Crippen LogP contribution is 2.15. The zero-order chi connectivity index (χ0) is 10.0. The molecule has 0 unspecified atom stereocenters. The highest BCUT2D eigenvalue weighted by atomic mass is 35.5. The normalized spacial score (nSPS) is 9.85. The molecule has 0 N–H and O–H groups in total. The van der Waals surface area contributed by atoms with Gasteiger partial charge in [-0.2, -0.15) is 0 Å². The van der Waals surface area contributed by atoms with Crippen LogP contribution in [0.15, 0.2) is 12.1 Å². The van der Waals surface area contributed by atoms with Gasteiger partial charge in [0.25, 0.3) is 5.91 Å². The molecule has 0 aromatic carbocycles. The van der Waals surface area contributed by atoms with Gasteiger partial charge >= 0.3 is 0 Å². The average molecular weight is 219 g/mol. The predicted molar refractivity (Wildman–Crippen MR) is 52.3 cm³/mol. The minimum absolute atomic E-state index is 0.147. The molecular weight excluding hydrogens is 211 g/mol. The lowest BCUT2D eigenvalue weighted by atomic mass is 10.2. The Hall–Kier alpha value is -0.800. The van der Waals surface area contributed by atoms with Gasteiger partial charge in [0.1, 0.15) is 10.3 Å². The lowest BCUT2D eigenvalue weighted by Gasteiger charge is -2.09. The largest absolute Gasteiger partial charge is 0.345 e. The molecule has 0 atom stereocenters. The first-order valence-electron chi connectivity index (χ1n) is 3.55. The van der Waals surface area contributed by atoms with Crippen LogP contribution in [0.3, 0.4) is 0 Å². The van der Waals surface area contributed by atoms with E-state index in [0.29, 0.717) is 5.56 Å². The van der Waals surface area contributed by atoms with Crippen LogP contribution in [0.2, 0.25) is 10.3 Å². The van der Waals surface area contributed by atoms with E-state index in [-0.39, 0.29) is 16.2 Å². The summed E-state index contributed by atoms with van der Waals surface area (Å²) in [5, 5.41) is 0.440. The molecular formula is C8H8Cl2N2O. The number of amides is 1. The smallest absolute Gasteiger partial charge is 0.253 e. The molecule has 0 spiro atoms. The lowest BCUT2D eigenvalue weighted by molar-refractivity contribution is 0.0827. The van der Waals surface area contributed by atoms with E-state index in [1.165, 1.54) is 17.0 Å². The molecule has 0 saturated carbocycles. The first kappa shape index (κ1) is 10.3. The molecule has 0 saturated heterocycles. The lowest BCUT2D eigenvalue weighted by Crippen LogP contribution is -2.21. The van der Waals surface area contributed by atoms with Crippen molar-refractivity contribution in [3.8, 4) is 0 Å². The molecule has 13 heavy (non-hydrogen) atoms. The molecule has 1 rings (SSSR count). The molecule has 5 heteroatoms. The zero-order valence-corrected chi connectivity index (χ0v) is 8.73. The first-order valence-corrected chi connectivity index (χ1v) is 4.31. The summed E-state index contributed by atoms with van der Waals surface area (Å²) in [6, 6.07) is 2.96. The maximum Gasteiger partial charge on any atom is 0.253 e. The predicted octanol–water partition coefficient (Wildman–Crippen LogP) is 2.09. The third-order valence-electron chi connectivity index (χ3n) is 1.42. The number of rotatable bonds is 1. The molecule has 1 amide bonds. The summed E-state index contributed by atoms with van der Waals surface area (Å²) in [5.74, 6) is -0.147. The zero-order valence-electron chi connectivity index (χ0n) is 7.21. The summed E-state index contributed by atoms with van der Waals surface area (Å²) >= 11 is 11.3. The minimum atomic E-state index is -0.147. The monoisotopic (exact) mass is 218 g/mol. The van der Waals surface area contributed by atoms with Crippen molar-refractivity contribution in [3.63, 3.8) is 0 Å². The Morgan fingerprint density at radius 2 is 1.77 bits per heavy atom. The van der Waals surface area contributed by atoms with E-state index in [2.05, 4.69) is 4.98 Å². The Balaban J connectivity index is 3.08. The highest BCUT2D eigenvalue weighted by Gasteiger charge is 2.09. The molecule has 70 valence electrons. The Bertz CT molecular complexity index is 319. The standard InChI is InChI=1S/C8H8Cl2N2O/c1-12(2)8(13)5-3-6(9)11-7(10)4-5/h3-4H,1-2H3. The van der Waals surface area contributed by atoms with E-state index >= 15 is 0 Å². The number of hydrogen-bond acceptors (Lipinski definition) is 2. The quantitative estimate of drug-likeness (QED) is 0.677. The van der Waals surface area contributed by atoms with Crippen LogP contribution in [0.1, 0.15) is 10.4 Å². The van der Waals surface area contributed by atoms with Gasteiger partial charge in [0.15, 0.2) is 0 Å². The number of carbonyl (C=O) groups excluding carboxylic acids is 1. The van der Waals surface area contributed by atoms with Crippen LogP contribution in [0, 0.1) is 0 Å². The van der Waals surface area contributed by atoms with Gasteiger partial charge in [-0.3, -0.25) is 4.79 Å². The maximum atomic E-state index is 11.4.